The van der Waals surface area contributed by atoms with Gasteiger partial charge in [-0.25, -0.2) is 4.68 Å². The number of carbonyl (C=O) groups excluding carboxylic acids is 1. The highest BCUT2D eigenvalue weighted by molar-refractivity contribution is 7.99. The van der Waals surface area contributed by atoms with Crippen LogP contribution in [0.4, 0.5) is 5.69 Å². The Balaban J connectivity index is 1.52. The smallest absolute Gasteiger partial charge is 0.225 e. The summed E-state index contributed by atoms with van der Waals surface area (Å²) in [5.41, 5.74) is 2.80. The lowest BCUT2D eigenvalue weighted by Gasteiger charge is -2.06. The molecule has 0 fully saturated rings. The number of anilines is 1. The molecule has 3 aromatic rings. The van der Waals surface area contributed by atoms with Crippen LogP contribution in [-0.4, -0.2) is 33.6 Å². The number of hydrogen-bond acceptors (Lipinski definition) is 6. The maximum atomic E-state index is 12.1. The van der Waals surface area contributed by atoms with Gasteiger partial charge in [0.1, 0.15) is 5.75 Å². The van der Waals surface area contributed by atoms with Gasteiger partial charge in [-0.15, -0.1) is 10.2 Å². The molecule has 27 heavy (non-hydrogen) atoms. The van der Waals surface area contributed by atoms with E-state index in [1.54, 1.807) is 31.4 Å². The Hall–Kier alpha value is -3.00. The van der Waals surface area contributed by atoms with Crippen molar-refractivity contribution < 1.29 is 9.53 Å². The van der Waals surface area contributed by atoms with E-state index in [2.05, 4.69) is 15.5 Å². The average molecular weight is 383 g/mol. The molecule has 0 atom stereocenters. The van der Waals surface area contributed by atoms with E-state index in [1.165, 1.54) is 22.0 Å². The molecule has 1 heterocycles. The van der Waals surface area contributed by atoms with E-state index >= 15 is 0 Å². The van der Waals surface area contributed by atoms with Gasteiger partial charge in [0, 0.05) is 23.4 Å². The van der Waals surface area contributed by atoms with Gasteiger partial charge in [-0.05, 0) is 31.2 Å². The summed E-state index contributed by atoms with van der Waals surface area (Å²) in [4.78, 5) is 12.1. The number of benzene rings is 2. The summed E-state index contributed by atoms with van der Waals surface area (Å²) in [6.45, 7) is 2.02. The largest absolute Gasteiger partial charge is 0.497 e. The van der Waals surface area contributed by atoms with E-state index in [1.807, 2.05) is 31.2 Å². The fraction of sp³-hybridized carbons (Fsp3) is 0.211. The fourth-order valence-electron chi connectivity index (χ4n) is 2.41. The van der Waals surface area contributed by atoms with Crippen molar-refractivity contribution in [2.75, 3.05) is 24.0 Å². The molecule has 0 saturated carbocycles. The number of nitrogen functional groups attached to an aromatic ring is 1. The first-order chi connectivity index (χ1) is 13.1. The molecule has 0 radical (unpaired) electrons. The molecule has 1 amide bonds. The maximum Gasteiger partial charge on any atom is 0.225 e. The first-order valence-corrected chi connectivity index (χ1v) is 9.39. The minimum Gasteiger partial charge on any atom is -0.497 e. The van der Waals surface area contributed by atoms with Crippen LogP contribution in [0.3, 0.4) is 0 Å². The molecule has 2 aromatic carbocycles. The second-order valence-electron chi connectivity index (χ2n) is 5.92. The molecular weight excluding hydrogens is 362 g/mol. The van der Waals surface area contributed by atoms with Crippen LogP contribution in [0.25, 0.3) is 11.4 Å². The number of ether oxygens (including phenoxy) is 1. The Labute approximate surface area is 161 Å². The molecule has 140 valence electrons. The van der Waals surface area contributed by atoms with Crippen molar-refractivity contribution in [3.05, 3.63) is 54.1 Å². The molecular formula is C19H21N5O2S. The Bertz CT molecular complexity index is 907. The normalized spacial score (nSPS) is 10.6. The Morgan fingerprint density at radius 2 is 1.85 bits per heavy atom. The summed E-state index contributed by atoms with van der Waals surface area (Å²) in [6, 6.07) is 15.1. The number of carbonyl (C=O) groups is 1. The van der Waals surface area contributed by atoms with Gasteiger partial charge in [0.15, 0.2) is 5.82 Å². The molecule has 7 nitrogen and oxygen atoms in total. The Morgan fingerprint density at radius 3 is 2.52 bits per heavy atom. The topological polar surface area (TPSA) is 95.1 Å². The quantitative estimate of drug-likeness (QED) is 0.481. The van der Waals surface area contributed by atoms with Crippen LogP contribution in [0.15, 0.2) is 53.7 Å². The Morgan fingerprint density at radius 1 is 1.15 bits per heavy atom. The molecule has 0 spiro atoms. The number of rotatable bonds is 7. The third-order valence-electron chi connectivity index (χ3n) is 3.91. The standard InChI is InChI=1S/C19H21N5O2S/c1-13-3-5-14(6-4-13)18-22-23-19(24(18)20)27-12-11-17(25)21-15-7-9-16(26-2)10-8-15/h3-10H,11-12,20H2,1-2H3,(H,21,25). The van der Waals surface area contributed by atoms with Gasteiger partial charge in [-0.2, -0.15) is 0 Å². The van der Waals surface area contributed by atoms with E-state index < -0.39 is 0 Å². The van der Waals surface area contributed by atoms with E-state index in [0.29, 0.717) is 23.2 Å². The zero-order valence-corrected chi connectivity index (χ0v) is 16.0. The highest BCUT2D eigenvalue weighted by atomic mass is 32.2. The van der Waals surface area contributed by atoms with Crippen LogP contribution in [0.1, 0.15) is 12.0 Å². The number of hydrogen-bond donors (Lipinski definition) is 2. The van der Waals surface area contributed by atoms with Gasteiger partial charge in [0.2, 0.25) is 11.1 Å². The number of aromatic nitrogens is 3. The number of methoxy groups -OCH3 is 1. The highest BCUT2D eigenvalue weighted by Crippen LogP contribution is 2.22. The van der Waals surface area contributed by atoms with Crippen LogP contribution >= 0.6 is 11.8 Å². The minimum absolute atomic E-state index is 0.0745. The summed E-state index contributed by atoms with van der Waals surface area (Å²) in [7, 11) is 1.60. The van der Waals surface area contributed by atoms with Gasteiger partial charge >= 0.3 is 0 Å². The summed E-state index contributed by atoms with van der Waals surface area (Å²) in [5.74, 6) is 7.91. The monoisotopic (exact) mass is 383 g/mol. The maximum absolute atomic E-state index is 12.1. The number of nitrogens with one attached hydrogen (secondary N) is 1. The van der Waals surface area contributed by atoms with Crippen molar-refractivity contribution in [1.29, 1.82) is 0 Å². The summed E-state index contributed by atoms with van der Waals surface area (Å²) in [5, 5.41) is 11.7. The molecule has 3 N–H and O–H groups in total. The Kier molecular flexibility index (Phi) is 5.97. The van der Waals surface area contributed by atoms with E-state index in [-0.39, 0.29) is 5.91 Å². The molecule has 0 aliphatic rings. The van der Waals surface area contributed by atoms with E-state index in [9.17, 15) is 4.79 Å². The lowest BCUT2D eigenvalue weighted by atomic mass is 10.1. The minimum atomic E-state index is -0.0745. The first kappa shape index (κ1) is 18.8. The van der Waals surface area contributed by atoms with E-state index in [4.69, 9.17) is 10.6 Å². The highest BCUT2D eigenvalue weighted by Gasteiger charge is 2.12. The number of nitrogens with two attached hydrogens (primary N) is 1. The third-order valence-corrected chi connectivity index (χ3v) is 4.85. The molecule has 0 bridgehead atoms. The second kappa shape index (κ2) is 8.59. The molecule has 0 saturated heterocycles. The van der Waals surface area contributed by atoms with Crippen molar-refractivity contribution in [3.8, 4) is 17.1 Å². The lowest BCUT2D eigenvalue weighted by Crippen LogP contribution is -2.14. The molecule has 8 heteroatoms. The van der Waals surface area contributed by atoms with Gasteiger partial charge in [-0.1, -0.05) is 41.6 Å². The number of thioether (sulfide) groups is 1. The van der Waals surface area contributed by atoms with Crippen LogP contribution < -0.4 is 15.9 Å². The van der Waals surface area contributed by atoms with Crippen LogP contribution in [-0.2, 0) is 4.79 Å². The molecule has 0 aliphatic carbocycles. The average Bonchev–Trinajstić information content (AvgIpc) is 3.04. The van der Waals surface area contributed by atoms with E-state index in [0.717, 1.165) is 17.0 Å². The fourth-order valence-corrected chi connectivity index (χ4v) is 3.20. The number of aryl methyl sites for hydroxylation is 1. The van der Waals surface area contributed by atoms with Crippen molar-refractivity contribution in [2.45, 2.75) is 18.5 Å². The first-order valence-electron chi connectivity index (χ1n) is 8.41. The van der Waals surface area contributed by atoms with Gasteiger partial charge < -0.3 is 15.9 Å². The summed E-state index contributed by atoms with van der Waals surface area (Å²) < 4.78 is 6.55. The third kappa shape index (κ3) is 4.79. The zero-order chi connectivity index (χ0) is 19.2. The molecule has 0 unspecified atom stereocenters. The van der Waals surface area contributed by atoms with Crippen molar-refractivity contribution >= 4 is 23.4 Å². The predicted molar refractivity (Wildman–Crippen MR) is 107 cm³/mol. The van der Waals surface area contributed by atoms with Crippen LogP contribution in [0, 0.1) is 6.92 Å². The predicted octanol–water partition coefficient (Wildman–Crippen LogP) is 3.10. The summed E-state index contributed by atoms with van der Waals surface area (Å²) >= 11 is 1.39. The lowest BCUT2D eigenvalue weighted by molar-refractivity contribution is -0.115. The van der Waals surface area contributed by atoms with Crippen LogP contribution in [0.5, 0.6) is 5.75 Å². The van der Waals surface area contributed by atoms with Gasteiger partial charge in [0.25, 0.3) is 0 Å². The van der Waals surface area contributed by atoms with Gasteiger partial charge in [0.05, 0.1) is 7.11 Å². The van der Waals surface area contributed by atoms with Crippen LogP contribution in [0.2, 0.25) is 0 Å². The second-order valence-corrected chi connectivity index (χ2v) is 6.98. The van der Waals surface area contributed by atoms with Crippen molar-refractivity contribution in [1.82, 2.24) is 14.9 Å². The van der Waals surface area contributed by atoms with Gasteiger partial charge in [-0.3, -0.25) is 4.79 Å². The number of nitrogens with zero attached hydrogens (tertiary/aromatic N) is 3. The number of amides is 1. The van der Waals surface area contributed by atoms with Crippen molar-refractivity contribution in [2.24, 2.45) is 0 Å². The SMILES string of the molecule is COc1ccc(NC(=O)CCSc2nnc(-c3ccc(C)cc3)n2N)cc1. The molecule has 1 aromatic heterocycles. The zero-order valence-electron chi connectivity index (χ0n) is 15.2. The molecule has 0 aliphatic heterocycles. The molecule has 3 rings (SSSR count). The van der Waals surface area contributed by atoms with Crippen molar-refractivity contribution in [3.63, 3.8) is 0 Å². The summed E-state index contributed by atoms with van der Waals surface area (Å²) in [6.07, 6.45) is 0.337.